The first kappa shape index (κ1) is 24.6. The quantitative estimate of drug-likeness (QED) is 0.367. The zero-order chi connectivity index (χ0) is 24.9. The summed E-state index contributed by atoms with van der Waals surface area (Å²) in [6.45, 7) is 1.04. The molecule has 1 unspecified atom stereocenters. The van der Waals surface area contributed by atoms with Crippen LogP contribution in [-0.4, -0.2) is 44.0 Å². The van der Waals surface area contributed by atoms with Gasteiger partial charge in [0.2, 0.25) is 11.6 Å². The van der Waals surface area contributed by atoms with Gasteiger partial charge in [0.05, 0.1) is 30.2 Å². The van der Waals surface area contributed by atoms with Crippen LogP contribution in [0.3, 0.4) is 0 Å². The lowest BCUT2D eigenvalue weighted by Crippen LogP contribution is -2.27. The van der Waals surface area contributed by atoms with Gasteiger partial charge >= 0.3 is 0 Å². The van der Waals surface area contributed by atoms with Crippen molar-refractivity contribution in [3.63, 3.8) is 0 Å². The van der Waals surface area contributed by atoms with Crippen LogP contribution in [0.4, 0.5) is 0 Å². The Labute approximate surface area is 207 Å². The number of halogens is 1. The van der Waals surface area contributed by atoms with Crippen molar-refractivity contribution < 1.29 is 14.3 Å². The summed E-state index contributed by atoms with van der Waals surface area (Å²) in [6.07, 6.45) is 5.39. The van der Waals surface area contributed by atoms with E-state index in [2.05, 4.69) is 15.3 Å². The van der Waals surface area contributed by atoms with E-state index >= 15 is 0 Å². The fraction of sp³-hybridized carbons (Fsp3) is 0.280. The van der Waals surface area contributed by atoms with Crippen molar-refractivity contribution in [2.24, 2.45) is 7.05 Å². The van der Waals surface area contributed by atoms with Gasteiger partial charge in [0.25, 0.3) is 0 Å². The number of rotatable bonds is 9. The number of benzene rings is 1. The number of pyridine rings is 1. The lowest BCUT2D eigenvalue weighted by atomic mass is 10.1. The molecule has 182 valence electrons. The second-order valence-electron chi connectivity index (χ2n) is 8.45. The van der Waals surface area contributed by atoms with Crippen LogP contribution in [0, 0.1) is 0 Å². The lowest BCUT2D eigenvalue weighted by molar-refractivity contribution is -0.120. The lowest BCUT2D eigenvalue weighted by Gasteiger charge is -2.18. The maximum absolute atomic E-state index is 13.1. The van der Waals surface area contributed by atoms with Gasteiger partial charge in [-0.2, -0.15) is 0 Å². The molecule has 35 heavy (non-hydrogen) atoms. The Morgan fingerprint density at radius 1 is 1.29 bits per heavy atom. The number of nitrogens with zero attached hydrogens (tertiary/aromatic N) is 4. The smallest absolute Gasteiger partial charge is 0.224 e. The zero-order valence-corrected chi connectivity index (χ0v) is 20.2. The molecule has 0 bridgehead atoms. The van der Waals surface area contributed by atoms with Crippen LogP contribution in [0.15, 0.2) is 64.3 Å². The third kappa shape index (κ3) is 6.13. The number of carbonyl (C=O) groups is 1. The first-order valence-corrected chi connectivity index (χ1v) is 11.4. The molecule has 0 saturated carbocycles. The highest BCUT2D eigenvalue weighted by Crippen LogP contribution is 2.19. The fourth-order valence-corrected chi connectivity index (χ4v) is 3.95. The number of aryl methyl sites for hydroxylation is 1. The molecule has 3 aromatic heterocycles. The number of nitrogens with one attached hydrogen (secondary N) is 1. The predicted molar refractivity (Wildman–Crippen MR) is 132 cm³/mol. The SMILES string of the molecule is CN(Cc1cc2c(=O)c(CC(=O)NCc3ccc(Cl)cc3)cn(C)c2o1)CC(O)c1cnccn1. The van der Waals surface area contributed by atoms with Crippen molar-refractivity contribution in [1.29, 1.82) is 0 Å². The Morgan fingerprint density at radius 2 is 2.06 bits per heavy atom. The summed E-state index contributed by atoms with van der Waals surface area (Å²) in [5.74, 6) is 0.323. The van der Waals surface area contributed by atoms with E-state index < -0.39 is 6.10 Å². The number of amides is 1. The maximum atomic E-state index is 13.1. The molecule has 0 spiro atoms. The van der Waals surface area contributed by atoms with E-state index in [0.717, 1.165) is 5.56 Å². The molecular weight excluding hydrogens is 470 g/mol. The number of furan rings is 1. The molecule has 0 aliphatic rings. The predicted octanol–water partition coefficient (Wildman–Crippen LogP) is 2.60. The summed E-state index contributed by atoms with van der Waals surface area (Å²) in [5, 5.41) is 14.2. The summed E-state index contributed by atoms with van der Waals surface area (Å²) in [4.78, 5) is 35.5. The van der Waals surface area contributed by atoms with Gasteiger partial charge in [-0.15, -0.1) is 0 Å². The van der Waals surface area contributed by atoms with E-state index in [0.29, 0.717) is 52.8 Å². The third-order valence-corrected chi connectivity index (χ3v) is 5.81. The van der Waals surface area contributed by atoms with Crippen LogP contribution in [0.1, 0.15) is 28.7 Å². The summed E-state index contributed by atoms with van der Waals surface area (Å²) in [6, 6.07) is 8.89. The Bertz CT molecular complexity index is 1370. The van der Waals surface area contributed by atoms with Crippen LogP contribution in [0.25, 0.3) is 11.1 Å². The van der Waals surface area contributed by atoms with Gasteiger partial charge in [0.1, 0.15) is 11.9 Å². The standard InChI is InChI=1S/C25H26ClN5O4/c1-30(15-22(32)21-12-27-7-8-28-21)14-19-10-20-24(34)17(13-31(2)25(20)35-19)9-23(33)29-11-16-3-5-18(26)6-4-16/h3-8,10,12-13,22,32H,9,11,14-15H2,1-2H3,(H,29,33). The second kappa shape index (κ2) is 10.8. The topological polar surface area (TPSA) is 113 Å². The average molecular weight is 496 g/mol. The van der Waals surface area contributed by atoms with E-state index in [1.807, 2.05) is 24.1 Å². The molecule has 10 heteroatoms. The highest BCUT2D eigenvalue weighted by atomic mass is 35.5. The average Bonchev–Trinajstić information content (AvgIpc) is 3.27. The van der Waals surface area contributed by atoms with Crippen LogP contribution in [-0.2, 0) is 31.4 Å². The maximum Gasteiger partial charge on any atom is 0.224 e. The Hall–Kier alpha value is -3.53. The zero-order valence-electron chi connectivity index (χ0n) is 19.4. The minimum Gasteiger partial charge on any atom is -0.443 e. The number of likely N-dealkylation sites (N-methyl/N-ethyl adjacent to an activating group) is 1. The molecule has 4 aromatic rings. The third-order valence-electron chi connectivity index (χ3n) is 5.56. The minimum atomic E-state index is -0.803. The van der Waals surface area contributed by atoms with Crippen molar-refractivity contribution in [1.82, 2.24) is 24.8 Å². The van der Waals surface area contributed by atoms with Gasteiger partial charge in [-0.25, -0.2) is 0 Å². The van der Waals surface area contributed by atoms with Gasteiger partial charge in [-0.3, -0.25) is 24.5 Å². The highest BCUT2D eigenvalue weighted by molar-refractivity contribution is 6.30. The van der Waals surface area contributed by atoms with Crippen molar-refractivity contribution in [3.05, 3.63) is 92.9 Å². The molecule has 2 N–H and O–H groups in total. The van der Waals surface area contributed by atoms with E-state index in [4.69, 9.17) is 16.0 Å². The van der Waals surface area contributed by atoms with Crippen LogP contribution < -0.4 is 10.7 Å². The van der Waals surface area contributed by atoms with Crippen molar-refractivity contribution in [2.45, 2.75) is 25.6 Å². The number of aromatic nitrogens is 3. The van der Waals surface area contributed by atoms with Gasteiger partial charge in [0.15, 0.2) is 5.43 Å². The summed E-state index contributed by atoms with van der Waals surface area (Å²) in [5.41, 5.74) is 1.97. The molecule has 1 amide bonds. The molecule has 0 aliphatic carbocycles. The molecule has 0 fully saturated rings. The summed E-state index contributed by atoms with van der Waals surface area (Å²) < 4.78 is 7.62. The summed E-state index contributed by atoms with van der Waals surface area (Å²) >= 11 is 5.89. The molecular formula is C25H26ClN5O4. The Kier molecular flexibility index (Phi) is 7.60. The van der Waals surface area contributed by atoms with Crippen LogP contribution >= 0.6 is 11.6 Å². The minimum absolute atomic E-state index is 0.0408. The Morgan fingerprint density at radius 3 is 2.77 bits per heavy atom. The first-order chi connectivity index (χ1) is 16.8. The van der Waals surface area contributed by atoms with Crippen LogP contribution in [0.5, 0.6) is 0 Å². The fourth-order valence-electron chi connectivity index (χ4n) is 3.82. The molecule has 1 atom stereocenters. The number of aliphatic hydroxyl groups excluding tert-OH is 1. The molecule has 0 aliphatic heterocycles. The number of hydrogen-bond donors (Lipinski definition) is 2. The van der Waals surface area contributed by atoms with E-state index in [-0.39, 0.29) is 17.8 Å². The van der Waals surface area contributed by atoms with Gasteiger partial charge < -0.3 is 19.4 Å². The van der Waals surface area contributed by atoms with Gasteiger partial charge in [-0.05, 0) is 30.8 Å². The Balaban J connectivity index is 1.43. The van der Waals surface area contributed by atoms with Crippen LogP contribution in [0.2, 0.25) is 5.02 Å². The van der Waals surface area contributed by atoms with E-state index in [1.54, 1.807) is 42.2 Å². The van der Waals surface area contributed by atoms with Crippen molar-refractivity contribution >= 4 is 28.6 Å². The monoisotopic (exact) mass is 495 g/mol. The molecule has 4 rings (SSSR count). The normalized spacial score (nSPS) is 12.3. The number of carbonyl (C=O) groups excluding carboxylic acids is 1. The second-order valence-corrected chi connectivity index (χ2v) is 8.89. The number of aliphatic hydroxyl groups is 1. The van der Waals surface area contributed by atoms with Gasteiger partial charge in [0, 0.05) is 49.3 Å². The number of hydrogen-bond acceptors (Lipinski definition) is 7. The van der Waals surface area contributed by atoms with Crippen molar-refractivity contribution in [3.8, 4) is 0 Å². The molecule has 9 nitrogen and oxygen atoms in total. The largest absolute Gasteiger partial charge is 0.443 e. The first-order valence-electron chi connectivity index (χ1n) is 11.0. The molecule has 1 aromatic carbocycles. The molecule has 3 heterocycles. The highest BCUT2D eigenvalue weighted by Gasteiger charge is 2.18. The van der Waals surface area contributed by atoms with Gasteiger partial charge in [-0.1, -0.05) is 23.7 Å². The van der Waals surface area contributed by atoms with Crippen molar-refractivity contribution in [2.75, 3.05) is 13.6 Å². The summed E-state index contributed by atoms with van der Waals surface area (Å²) in [7, 11) is 3.60. The number of fused-ring (bicyclic) bond motifs is 1. The molecule has 0 radical (unpaired) electrons. The van der Waals surface area contributed by atoms with E-state index in [9.17, 15) is 14.7 Å². The molecule has 0 saturated heterocycles. The van der Waals surface area contributed by atoms with E-state index in [1.165, 1.54) is 12.4 Å².